The molecule has 21 heavy (non-hydrogen) atoms. The van der Waals surface area contributed by atoms with Crippen LogP contribution in [-0.2, 0) is 13.1 Å². The number of pyridine rings is 1. The van der Waals surface area contributed by atoms with Gasteiger partial charge in [-0.2, -0.15) is 0 Å². The molecule has 0 spiro atoms. The van der Waals surface area contributed by atoms with Crippen LogP contribution in [0.4, 0.5) is 0 Å². The summed E-state index contributed by atoms with van der Waals surface area (Å²) in [6.07, 6.45) is 3.65. The number of hydrogen-bond acceptors (Lipinski definition) is 4. The highest BCUT2D eigenvalue weighted by molar-refractivity contribution is 7.80. The Morgan fingerprint density at radius 1 is 1.33 bits per heavy atom. The molecule has 1 aromatic carbocycles. The van der Waals surface area contributed by atoms with Gasteiger partial charge in [-0.1, -0.05) is 18.3 Å². The summed E-state index contributed by atoms with van der Waals surface area (Å²) in [5.41, 5.74) is 8.79. The van der Waals surface area contributed by atoms with Gasteiger partial charge in [0.15, 0.2) is 0 Å². The summed E-state index contributed by atoms with van der Waals surface area (Å²) in [5.74, 6) is 0.841. The van der Waals surface area contributed by atoms with Crippen molar-refractivity contribution in [1.29, 1.82) is 0 Å². The largest absolute Gasteiger partial charge is 0.496 e. The molecule has 0 fully saturated rings. The van der Waals surface area contributed by atoms with E-state index in [-0.39, 0.29) is 0 Å². The zero-order valence-electron chi connectivity index (χ0n) is 12.2. The minimum Gasteiger partial charge on any atom is -0.496 e. The Bertz CT molecular complexity index is 616. The van der Waals surface area contributed by atoms with E-state index in [1.807, 2.05) is 30.5 Å². The molecule has 5 heteroatoms. The summed E-state index contributed by atoms with van der Waals surface area (Å²) < 4.78 is 5.41. The van der Waals surface area contributed by atoms with Gasteiger partial charge >= 0.3 is 0 Å². The molecule has 1 aromatic heterocycles. The Kier molecular flexibility index (Phi) is 5.25. The molecule has 0 unspecified atom stereocenters. The van der Waals surface area contributed by atoms with Crippen LogP contribution in [0.2, 0.25) is 0 Å². The summed E-state index contributed by atoms with van der Waals surface area (Å²) in [6, 6.07) is 9.78. The van der Waals surface area contributed by atoms with Crippen molar-refractivity contribution in [2.24, 2.45) is 5.73 Å². The number of rotatable bonds is 6. The summed E-state index contributed by atoms with van der Waals surface area (Å²) >= 11 is 5.03. The number of aromatic nitrogens is 1. The molecule has 0 aliphatic rings. The van der Waals surface area contributed by atoms with Crippen LogP contribution in [0, 0.1) is 0 Å². The first-order valence-corrected chi connectivity index (χ1v) is 7.05. The van der Waals surface area contributed by atoms with Crippen LogP contribution in [0.3, 0.4) is 0 Å². The molecule has 0 radical (unpaired) electrons. The Labute approximate surface area is 130 Å². The fourth-order valence-corrected chi connectivity index (χ4v) is 2.33. The van der Waals surface area contributed by atoms with Gasteiger partial charge < -0.3 is 10.5 Å². The van der Waals surface area contributed by atoms with Crippen LogP contribution in [0.25, 0.3) is 0 Å². The molecule has 0 saturated heterocycles. The summed E-state index contributed by atoms with van der Waals surface area (Å²) in [6.45, 7) is 1.56. The number of ether oxygens (including phenoxy) is 1. The average molecular weight is 301 g/mol. The predicted octanol–water partition coefficient (Wildman–Crippen LogP) is 2.36. The lowest BCUT2D eigenvalue weighted by Gasteiger charge is -2.19. The van der Waals surface area contributed by atoms with Crippen LogP contribution < -0.4 is 10.5 Å². The first-order valence-electron chi connectivity index (χ1n) is 6.64. The molecule has 1 heterocycles. The summed E-state index contributed by atoms with van der Waals surface area (Å²) in [4.78, 5) is 6.72. The number of nitrogens with two attached hydrogens (primary N) is 1. The maximum Gasteiger partial charge on any atom is 0.123 e. The molecular formula is C16H19N3OS. The second-order valence-electron chi connectivity index (χ2n) is 4.92. The molecule has 0 saturated carbocycles. The molecular weight excluding hydrogens is 282 g/mol. The van der Waals surface area contributed by atoms with E-state index in [2.05, 4.69) is 23.0 Å². The Morgan fingerprint density at radius 2 is 2.14 bits per heavy atom. The first kappa shape index (κ1) is 15.4. The third-order valence-electron chi connectivity index (χ3n) is 3.18. The molecule has 2 rings (SSSR count). The highest BCUT2D eigenvalue weighted by Crippen LogP contribution is 2.22. The number of benzene rings is 1. The van der Waals surface area contributed by atoms with Crippen LogP contribution in [-0.4, -0.2) is 29.0 Å². The maximum absolute atomic E-state index is 5.70. The van der Waals surface area contributed by atoms with Crippen molar-refractivity contribution >= 4 is 17.2 Å². The zero-order chi connectivity index (χ0) is 15.2. The van der Waals surface area contributed by atoms with Crippen molar-refractivity contribution in [3.8, 4) is 5.75 Å². The minimum atomic E-state index is 0.397. The van der Waals surface area contributed by atoms with Gasteiger partial charge in [0.25, 0.3) is 0 Å². The fourth-order valence-electron chi connectivity index (χ4n) is 2.21. The smallest absolute Gasteiger partial charge is 0.123 e. The second-order valence-corrected chi connectivity index (χ2v) is 5.36. The van der Waals surface area contributed by atoms with Gasteiger partial charge in [-0.05, 0) is 36.9 Å². The third-order valence-corrected chi connectivity index (χ3v) is 3.42. The number of methoxy groups -OCH3 is 1. The van der Waals surface area contributed by atoms with Crippen LogP contribution in [0.15, 0.2) is 42.7 Å². The van der Waals surface area contributed by atoms with Crippen molar-refractivity contribution in [1.82, 2.24) is 9.88 Å². The van der Waals surface area contributed by atoms with Crippen molar-refractivity contribution in [3.05, 3.63) is 59.4 Å². The van der Waals surface area contributed by atoms with Crippen LogP contribution in [0.1, 0.15) is 16.7 Å². The van der Waals surface area contributed by atoms with E-state index in [1.165, 1.54) is 5.56 Å². The van der Waals surface area contributed by atoms with Crippen molar-refractivity contribution in [2.75, 3.05) is 14.2 Å². The first-order chi connectivity index (χ1) is 10.1. The molecule has 0 amide bonds. The molecule has 0 bridgehead atoms. The minimum absolute atomic E-state index is 0.397. The highest BCUT2D eigenvalue weighted by Gasteiger charge is 2.09. The standard InChI is InChI=1S/C16H19N3OS/c1-19(10-12-4-3-7-18-9-12)11-14-8-13(16(17)21)5-6-15(14)20-2/h3-9H,10-11H2,1-2H3,(H2,17,21). The van der Waals surface area contributed by atoms with E-state index < -0.39 is 0 Å². The predicted molar refractivity (Wildman–Crippen MR) is 88.3 cm³/mol. The van der Waals surface area contributed by atoms with E-state index in [1.54, 1.807) is 13.3 Å². The zero-order valence-corrected chi connectivity index (χ0v) is 13.1. The highest BCUT2D eigenvalue weighted by atomic mass is 32.1. The van der Waals surface area contributed by atoms with Crippen LogP contribution in [0.5, 0.6) is 5.75 Å². The molecule has 0 aliphatic carbocycles. The van der Waals surface area contributed by atoms with E-state index in [9.17, 15) is 0 Å². The monoisotopic (exact) mass is 301 g/mol. The van der Waals surface area contributed by atoms with Crippen molar-refractivity contribution in [3.63, 3.8) is 0 Å². The Hall–Kier alpha value is -1.98. The SMILES string of the molecule is COc1ccc(C(N)=S)cc1CN(C)Cc1cccnc1. The Morgan fingerprint density at radius 3 is 2.76 bits per heavy atom. The average Bonchev–Trinajstić information content (AvgIpc) is 2.48. The lowest BCUT2D eigenvalue weighted by molar-refractivity contribution is 0.310. The fraction of sp³-hybridized carbons (Fsp3) is 0.250. The summed E-state index contributed by atoms with van der Waals surface area (Å²) in [7, 11) is 3.72. The second kappa shape index (κ2) is 7.15. The van der Waals surface area contributed by atoms with Gasteiger partial charge in [-0.3, -0.25) is 9.88 Å². The third kappa shape index (κ3) is 4.24. The topological polar surface area (TPSA) is 51.4 Å². The van der Waals surface area contributed by atoms with E-state index in [4.69, 9.17) is 22.7 Å². The lowest BCUT2D eigenvalue weighted by Crippen LogP contribution is -2.18. The quantitative estimate of drug-likeness (QED) is 0.830. The number of nitrogens with zero attached hydrogens (tertiary/aromatic N) is 2. The maximum atomic E-state index is 5.70. The summed E-state index contributed by atoms with van der Waals surface area (Å²) in [5, 5.41) is 0. The van der Waals surface area contributed by atoms with Crippen molar-refractivity contribution < 1.29 is 4.74 Å². The van der Waals surface area contributed by atoms with Gasteiger partial charge in [0.1, 0.15) is 10.7 Å². The molecule has 2 aromatic rings. The van der Waals surface area contributed by atoms with E-state index in [0.29, 0.717) is 4.99 Å². The van der Waals surface area contributed by atoms with Gasteiger partial charge in [0.2, 0.25) is 0 Å². The number of hydrogen-bond donors (Lipinski definition) is 1. The van der Waals surface area contributed by atoms with Gasteiger partial charge in [-0.25, -0.2) is 0 Å². The molecule has 0 atom stereocenters. The Balaban J connectivity index is 2.13. The molecule has 2 N–H and O–H groups in total. The molecule has 4 nitrogen and oxygen atoms in total. The normalized spacial score (nSPS) is 10.6. The molecule has 0 aliphatic heterocycles. The number of thiocarbonyl (C=S) groups is 1. The van der Waals surface area contributed by atoms with Crippen molar-refractivity contribution in [2.45, 2.75) is 13.1 Å². The van der Waals surface area contributed by atoms with Gasteiger partial charge in [-0.15, -0.1) is 0 Å². The lowest BCUT2D eigenvalue weighted by atomic mass is 10.1. The molecule has 110 valence electrons. The van der Waals surface area contributed by atoms with Crippen LogP contribution >= 0.6 is 12.2 Å². The van der Waals surface area contributed by atoms with E-state index in [0.717, 1.165) is 30.0 Å². The van der Waals surface area contributed by atoms with Gasteiger partial charge in [0.05, 0.1) is 7.11 Å². The van der Waals surface area contributed by atoms with E-state index >= 15 is 0 Å². The van der Waals surface area contributed by atoms with Gasteiger partial charge in [0, 0.05) is 36.6 Å².